The number of Topliss-reactive ketones (excluding diaryl/α,β-unsaturated/α-hetero) is 2. The van der Waals surface area contributed by atoms with Crippen LogP contribution < -0.4 is 0 Å². The van der Waals surface area contributed by atoms with Crippen LogP contribution in [0.3, 0.4) is 0 Å². The first-order valence-electron chi connectivity index (χ1n) is 6.78. The number of carbonyl (C=O) groups is 2. The summed E-state index contributed by atoms with van der Waals surface area (Å²) in [5.41, 5.74) is 1.31. The number of aliphatic hydroxyl groups excluding tert-OH is 1. The third-order valence-corrected chi connectivity index (χ3v) is 4.99. The van der Waals surface area contributed by atoms with Crippen LogP contribution in [0, 0.1) is 11.8 Å². The average Bonchev–Trinajstić information content (AvgIpc) is 3.15. The van der Waals surface area contributed by atoms with Gasteiger partial charge in [0.15, 0.2) is 5.78 Å². The molecule has 5 aliphatic rings. The lowest BCUT2D eigenvalue weighted by Crippen LogP contribution is -2.55. The zero-order chi connectivity index (χ0) is 13.5. The number of carbonyl (C=O) groups excluding carboxylic acids is 2. The minimum atomic E-state index is -0.792. The zero-order valence-electron chi connectivity index (χ0n) is 10.8. The summed E-state index contributed by atoms with van der Waals surface area (Å²) in [4.78, 5) is 24.1. The molecular weight excluding hydrogens is 248 g/mol. The van der Waals surface area contributed by atoms with E-state index in [0.29, 0.717) is 17.6 Å². The molecule has 0 spiro atoms. The van der Waals surface area contributed by atoms with Gasteiger partial charge >= 0.3 is 0 Å². The number of fused-ring (bicyclic) bond motifs is 3. The number of hydrogen-bond acceptors (Lipinski definition) is 5. The number of epoxide rings is 1. The fraction of sp³-hybridized carbons (Fsp3) is 0.714. The van der Waals surface area contributed by atoms with Crippen molar-refractivity contribution in [2.75, 3.05) is 0 Å². The Bertz CT molecular complexity index is 522. The first kappa shape index (κ1) is 11.8. The predicted octanol–water partition coefficient (Wildman–Crippen LogP) is 0.00640. The smallest absolute Gasteiger partial charge is 0.190 e. The van der Waals surface area contributed by atoms with E-state index in [0.717, 1.165) is 0 Å². The van der Waals surface area contributed by atoms with Crippen LogP contribution >= 0.6 is 0 Å². The Hall–Kier alpha value is -1.04. The molecule has 102 valence electrons. The average molecular weight is 264 g/mol. The highest BCUT2D eigenvalue weighted by Crippen LogP contribution is 2.52. The molecule has 5 heteroatoms. The summed E-state index contributed by atoms with van der Waals surface area (Å²) in [7, 11) is 0. The number of ether oxygens (including phenoxy) is 2. The molecule has 2 saturated heterocycles. The van der Waals surface area contributed by atoms with Gasteiger partial charge in [0.25, 0.3) is 0 Å². The molecule has 0 saturated carbocycles. The summed E-state index contributed by atoms with van der Waals surface area (Å²) in [6.45, 7) is 3.48. The van der Waals surface area contributed by atoms with Crippen LogP contribution in [-0.2, 0) is 19.1 Å². The molecule has 0 unspecified atom stereocenters. The monoisotopic (exact) mass is 264 g/mol. The Kier molecular flexibility index (Phi) is 2.19. The topological polar surface area (TPSA) is 76.1 Å². The first-order valence-corrected chi connectivity index (χ1v) is 6.78. The van der Waals surface area contributed by atoms with E-state index in [1.54, 1.807) is 6.92 Å². The molecule has 0 radical (unpaired) electrons. The van der Waals surface area contributed by atoms with Crippen molar-refractivity contribution in [2.24, 2.45) is 11.8 Å². The third kappa shape index (κ3) is 1.35. The lowest BCUT2D eigenvalue weighted by atomic mass is 9.64. The quantitative estimate of drug-likeness (QED) is 0.675. The van der Waals surface area contributed by atoms with Crippen molar-refractivity contribution in [3.63, 3.8) is 0 Å². The largest absolute Gasteiger partial charge is 0.386 e. The van der Waals surface area contributed by atoms with Gasteiger partial charge in [-0.3, -0.25) is 9.59 Å². The zero-order valence-corrected chi connectivity index (χ0v) is 10.8. The molecular formula is C14H16O5. The minimum Gasteiger partial charge on any atom is -0.386 e. The summed E-state index contributed by atoms with van der Waals surface area (Å²) >= 11 is 0. The third-order valence-electron chi connectivity index (χ3n) is 4.99. The second kappa shape index (κ2) is 3.53. The highest BCUT2D eigenvalue weighted by molar-refractivity contribution is 6.04. The maximum atomic E-state index is 12.3. The Morgan fingerprint density at radius 3 is 2.74 bits per heavy atom. The molecule has 2 bridgehead atoms. The van der Waals surface area contributed by atoms with Gasteiger partial charge in [-0.2, -0.15) is 0 Å². The fourth-order valence-corrected chi connectivity index (χ4v) is 3.96. The molecule has 0 amide bonds. The molecule has 0 aromatic carbocycles. The molecule has 3 heterocycles. The van der Waals surface area contributed by atoms with Gasteiger partial charge in [0.1, 0.15) is 24.1 Å². The SMILES string of the molecule is CC(=O)[C@H]1C[C@H]2C3=C([C@H](O)[C@H]4O[C@H]4C3=O)[C@@H]1O[C@@H]2C. The van der Waals surface area contributed by atoms with Crippen molar-refractivity contribution >= 4 is 11.6 Å². The van der Waals surface area contributed by atoms with Gasteiger partial charge in [-0.05, 0) is 25.8 Å². The molecule has 1 N–H and O–H groups in total. The van der Waals surface area contributed by atoms with E-state index < -0.39 is 24.4 Å². The summed E-state index contributed by atoms with van der Waals surface area (Å²) in [6, 6.07) is 0. The standard InChI is InChI=1S/C14H16O5/c1-4(15)6-3-7-5(2)18-12(6)9-8(7)10(16)13-14(19-13)11(9)17/h5-7,11-14,17H,3H2,1-2H3/t5-,6-,7-,11+,12-,13+,14-/m1/s1. The summed E-state index contributed by atoms with van der Waals surface area (Å²) in [6.07, 6.45) is -1.55. The number of rotatable bonds is 1. The highest BCUT2D eigenvalue weighted by Gasteiger charge is 2.62. The minimum absolute atomic E-state index is 0.00236. The Morgan fingerprint density at radius 1 is 1.32 bits per heavy atom. The van der Waals surface area contributed by atoms with Gasteiger partial charge < -0.3 is 14.6 Å². The normalized spacial score (nSPS) is 50.9. The second-order valence-electron chi connectivity index (χ2n) is 6.02. The molecule has 0 aromatic rings. The Morgan fingerprint density at radius 2 is 2.05 bits per heavy atom. The van der Waals surface area contributed by atoms with Crippen molar-refractivity contribution < 1.29 is 24.2 Å². The first-order chi connectivity index (χ1) is 9.00. The van der Waals surface area contributed by atoms with Gasteiger partial charge in [0, 0.05) is 17.4 Å². The maximum Gasteiger partial charge on any atom is 0.190 e. The van der Waals surface area contributed by atoms with Gasteiger partial charge in [-0.1, -0.05) is 0 Å². The van der Waals surface area contributed by atoms with E-state index in [2.05, 4.69) is 0 Å². The summed E-state index contributed by atoms with van der Waals surface area (Å²) in [5, 5.41) is 10.3. The lowest BCUT2D eigenvalue weighted by molar-refractivity contribution is -0.145. The number of ketones is 2. The maximum absolute atomic E-state index is 12.3. The Labute approximate surface area is 110 Å². The van der Waals surface area contributed by atoms with E-state index in [4.69, 9.17) is 9.47 Å². The van der Waals surface area contributed by atoms with Gasteiger partial charge in [0.2, 0.25) is 0 Å². The number of aliphatic hydroxyl groups is 1. The van der Waals surface area contributed by atoms with E-state index in [1.165, 1.54) is 0 Å². The molecule has 0 aromatic heterocycles. The van der Waals surface area contributed by atoms with E-state index in [1.807, 2.05) is 6.92 Å². The van der Waals surface area contributed by atoms with Crippen molar-refractivity contribution in [3.05, 3.63) is 11.1 Å². The lowest BCUT2D eigenvalue weighted by Gasteiger charge is -2.49. The van der Waals surface area contributed by atoms with Crippen LogP contribution in [-0.4, -0.2) is 47.2 Å². The Balaban J connectivity index is 1.85. The van der Waals surface area contributed by atoms with E-state index >= 15 is 0 Å². The molecule has 19 heavy (non-hydrogen) atoms. The van der Waals surface area contributed by atoms with Crippen molar-refractivity contribution in [1.82, 2.24) is 0 Å². The molecule has 5 rings (SSSR count). The van der Waals surface area contributed by atoms with E-state index in [-0.39, 0.29) is 29.5 Å². The highest BCUT2D eigenvalue weighted by atomic mass is 16.6. The van der Waals surface area contributed by atoms with Crippen molar-refractivity contribution in [1.29, 1.82) is 0 Å². The molecule has 3 aliphatic heterocycles. The van der Waals surface area contributed by atoms with Crippen LogP contribution in [0.1, 0.15) is 20.3 Å². The van der Waals surface area contributed by atoms with Gasteiger partial charge in [0.05, 0.1) is 12.2 Å². The molecule has 2 fully saturated rings. The number of hydrogen-bond donors (Lipinski definition) is 1. The van der Waals surface area contributed by atoms with Gasteiger partial charge in [-0.15, -0.1) is 0 Å². The summed E-state index contributed by atoms with van der Waals surface area (Å²) < 4.78 is 11.1. The van der Waals surface area contributed by atoms with Gasteiger partial charge in [-0.25, -0.2) is 0 Å². The molecule has 7 atom stereocenters. The van der Waals surface area contributed by atoms with Crippen molar-refractivity contribution in [3.8, 4) is 0 Å². The summed E-state index contributed by atoms with van der Waals surface area (Å²) in [5.74, 6) is -0.261. The van der Waals surface area contributed by atoms with Crippen LogP contribution in [0.15, 0.2) is 11.1 Å². The van der Waals surface area contributed by atoms with Crippen LogP contribution in [0.2, 0.25) is 0 Å². The van der Waals surface area contributed by atoms with Crippen LogP contribution in [0.4, 0.5) is 0 Å². The predicted molar refractivity (Wildman–Crippen MR) is 63.3 cm³/mol. The second-order valence-corrected chi connectivity index (χ2v) is 6.02. The van der Waals surface area contributed by atoms with Crippen LogP contribution in [0.5, 0.6) is 0 Å². The fourth-order valence-electron chi connectivity index (χ4n) is 3.96. The van der Waals surface area contributed by atoms with Crippen LogP contribution in [0.25, 0.3) is 0 Å². The van der Waals surface area contributed by atoms with E-state index in [9.17, 15) is 14.7 Å². The van der Waals surface area contributed by atoms with Crippen molar-refractivity contribution in [2.45, 2.75) is 50.8 Å². The molecule has 2 aliphatic carbocycles. The molecule has 5 nitrogen and oxygen atoms in total.